The van der Waals surface area contributed by atoms with E-state index in [0.717, 1.165) is 38.9 Å². The molecule has 0 bridgehead atoms. The topological polar surface area (TPSA) is 32.3 Å². The van der Waals surface area contributed by atoms with Gasteiger partial charge in [-0.3, -0.25) is 4.79 Å². The third-order valence-electron chi connectivity index (χ3n) is 3.59. The number of hydrogen-bond donors (Lipinski definition) is 1. The van der Waals surface area contributed by atoms with Gasteiger partial charge in [0.2, 0.25) is 5.91 Å². The summed E-state index contributed by atoms with van der Waals surface area (Å²) < 4.78 is 0. The number of nitrogens with one attached hydrogen (secondary N) is 1. The molecular formula is C14H22N2OS. The molecule has 3 nitrogen and oxygen atoms in total. The van der Waals surface area contributed by atoms with Crippen LogP contribution in [0.15, 0.2) is 17.5 Å². The number of hydrogen-bond acceptors (Lipinski definition) is 3. The van der Waals surface area contributed by atoms with Crippen molar-refractivity contribution in [1.29, 1.82) is 0 Å². The Bertz CT molecular complexity index is 356. The lowest BCUT2D eigenvalue weighted by Crippen LogP contribution is -2.34. The van der Waals surface area contributed by atoms with Crippen molar-refractivity contribution in [2.45, 2.75) is 25.7 Å². The molecule has 2 rings (SSSR count). The Morgan fingerprint density at radius 2 is 2.28 bits per heavy atom. The molecule has 0 spiro atoms. The van der Waals surface area contributed by atoms with E-state index < -0.39 is 0 Å². The summed E-state index contributed by atoms with van der Waals surface area (Å²) in [5.74, 6) is 0.809. The molecule has 0 radical (unpaired) electrons. The van der Waals surface area contributed by atoms with Crippen LogP contribution in [0.5, 0.6) is 0 Å². The molecule has 1 saturated heterocycles. The van der Waals surface area contributed by atoms with E-state index in [9.17, 15) is 4.79 Å². The van der Waals surface area contributed by atoms with Gasteiger partial charge in [0, 0.05) is 17.8 Å². The smallest absolute Gasteiger partial charge is 0.220 e. The minimum Gasteiger partial charge on any atom is -0.356 e. The standard InChI is InChI=1S/C14H22N2OS/c1-16-8-5-12(6-9-16)11-14(17)15-7-4-13-3-2-10-18-13/h2-3,10,12H,4-9,11H2,1H3,(H,15,17). The average molecular weight is 266 g/mol. The fourth-order valence-corrected chi connectivity index (χ4v) is 3.09. The van der Waals surface area contributed by atoms with Crippen molar-refractivity contribution in [2.24, 2.45) is 5.92 Å². The third kappa shape index (κ3) is 4.42. The van der Waals surface area contributed by atoms with Crippen molar-refractivity contribution in [2.75, 3.05) is 26.7 Å². The van der Waals surface area contributed by atoms with Gasteiger partial charge in [0.1, 0.15) is 0 Å². The number of piperidine rings is 1. The number of likely N-dealkylation sites (tertiary alicyclic amines) is 1. The highest BCUT2D eigenvalue weighted by atomic mass is 32.1. The summed E-state index contributed by atoms with van der Waals surface area (Å²) in [6.45, 7) is 3.03. The van der Waals surface area contributed by atoms with Crippen LogP contribution >= 0.6 is 11.3 Å². The second kappa shape index (κ2) is 6.90. The summed E-state index contributed by atoms with van der Waals surface area (Å²) in [5, 5.41) is 5.11. The molecule has 18 heavy (non-hydrogen) atoms. The molecule has 0 atom stereocenters. The van der Waals surface area contributed by atoms with Gasteiger partial charge in [-0.05, 0) is 56.8 Å². The minimum absolute atomic E-state index is 0.223. The van der Waals surface area contributed by atoms with Crippen molar-refractivity contribution < 1.29 is 4.79 Å². The highest BCUT2D eigenvalue weighted by molar-refractivity contribution is 7.09. The zero-order valence-electron chi connectivity index (χ0n) is 11.0. The molecule has 0 saturated carbocycles. The average Bonchev–Trinajstić information content (AvgIpc) is 2.85. The second-order valence-corrected chi connectivity index (χ2v) is 6.16. The number of nitrogens with zero attached hydrogens (tertiary/aromatic N) is 1. The van der Waals surface area contributed by atoms with Crippen LogP contribution in [0.1, 0.15) is 24.1 Å². The van der Waals surface area contributed by atoms with E-state index in [4.69, 9.17) is 0 Å². The lowest BCUT2D eigenvalue weighted by molar-refractivity contribution is -0.122. The zero-order chi connectivity index (χ0) is 12.8. The monoisotopic (exact) mass is 266 g/mol. The molecule has 1 amide bonds. The molecule has 0 aromatic carbocycles. The predicted octanol–water partition coefficient (Wildman–Crippen LogP) is 2.14. The summed E-state index contributed by atoms with van der Waals surface area (Å²) in [6.07, 6.45) is 3.98. The maximum atomic E-state index is 11.8. The van der Waals surface area contributed by atoms with E-state index in [0.29, 0.717) is 12.3 Å². The molecule has 100 valence electrons. The molecule has 1 aromatic heterocycles. The van der Waals surface area contributed by atoms with E-state index in [2.05, 4.69) is 34.8 Å². The molecule has 1 aliphatic rings. The van der Waals surface area contributed by atoms with Gasteiger partial charge in [-0.15, -0.1) is 11.3 Å². The molecule has 0 unspecified atom stereocenters. The Morgan fingerprint density at radius 1 is 1.50 bits per heavy atom. The van der Waals surface area contributed by atoms with Crippen molar-refractivity contribution in [3.05, 3.63) is 22.4 Å². The van der Waals surface area contributed by atoms with Crippen LogP contribution in [-0.4, -0.2) is 37.5 Å². The SMILES string of the molecule is CN1CCC(CC(=O)NCCc2cccs2)CC1. The highest BCUT2D eigenvalue weighted by Gasteiger charge is 2.19. The van der Waals surface area contributed by atoms with Gasteiger partial charge in [-0.25, -0.2) is 0 Å². The Kier molecular flexibility index (Phi) is 5.20. The van der Waals surface area contributed by atoms with Crippen molar-refractivity contribution in [1.82, 2.24) is 10.2 Å². The second-order valence-electron chi connectivity index (χ2n) is 5.13. The van der Waals surface area contributed by atoms with Gasteiger partial charge in [-0.2, -0.15) is 0 Å². The van der Waals surface area contributed by atoms with Crippen LogP contribution in [0.3, 0.4) is 0 Å². The highest BCUT2D eigenvalue weighted by Crippen LogP contribution is 2.19. The first-order valence-corrected chi connectivity index (χ1v) is 7.59. The normalized spacial score (nSPS) is 17.8. The summed E-state index contributed by atoms with van der Waals surface area (Å²) in [5.41, 5.74) is 0. The maximum Gasteiger partial charge on any atom is 0.220 e. The Labute approximate surface area is 113 Å². The van der Waals surface area contributed by atoms with Crippen LogP contribution < -0.4 is 5.32 Å². The van der Waals surface area contributed by atoms with Gasteiger partial charge in [0.15, 0.2) is 0 Å². The fraction of sp³-hybridized carbons (Fsp3) is 0.643. The predicted molar refractivity (Wildman–Crippen MR) is 75.9 cm³/mol. The first-order valence-electron chi connectivity index (χ1n) is 6.71. The quantitative estimate of drug-likeness (QED) is 0.885. The third-order valence-corrected chi connectivity index (χ3v) is 4.52. The van der Waals surface area contributed by atoms with Gasteiger partial charge in [0.25, 0.3) is 0 Å². The number of carbonyl (C=O) groups excluding carboxylic acids is 1. The first kappa shape index (κ1) is 13.6. The minimum atomic E-state index is 0.223. The van der Waals surface area contributed by atoms with Gasteiger partial charge in [0.05, 0.1) is 0 Å². The van der Waals surface area contributed by atoms with Gasteiger partial charge >= 0.3 is 0 Å². The molecule has 4 heteroatoms. The van der Waals surface area contributed by atoms with Crippen LogP contribution in [-0.2, 0) is 11.2 Å². The van der Waals surface area contributed by atoms with E-state index in [-0.39, 0.29) is 5.91 Å². The molecule has 1 fully saturated rings. The van der Waals surface area contributed by atoms with Crippen molar-refractivity contribution >= 4 is 17.2 Å². The number of rotatable bonds is 5. The Morgan fingerprint density at radius 3 is 2.94 bits per heavy atom. The van der Waals surface area contributed by atoms with E-state index in [1.165, 1.54) is 4.88 Å². The number of amides is 1. The first-order chi connectivity index (χ1) is 8.74. The summed E-state index contributed by atoms with van der Waals surface area (Å²) >= 11 is 1.75. The summed E-state index contributed by atoms with van der Waals surface area (Å²) in [4.78, 5) is 15.5. The molecule has 1 aliphatic heterocycles. The molecule has 1 aromatic rings. The molecule has 2 heterocycles. The van der Waals surface area contributed by atoms with Crippen LogP contribution in [0.25, 0.3) is 0 Å². The largest absolute Gasteiger partial charge is 0.356 e. The lowest BCUT2D eigenvalue weighted by atomic mass is 9.93. The van der Waals surface area contributed by atoms with Crippen LogP contribution in [0, 0.1) is 5.92 Å². The summed E-state index contributed by atoms with van der Waals surface area (Å²) in [7, 11) is 2.15. The molecule has 0 aliphatic carbocycles. The zero-order valence-corrected chi connectivity index (χ0v) is 11.8. The van der Waals surface area contributed by atoms with Crippen molar-refractivity contribution in [3.63, 3.8) is 0 Å². The molecule has 1 N–H and O–H groups in total. The Balaban J connectivity index is 1.60. The lowest BCUT2D eigenvalue weighted by Gasteiger charge is -2.28. The molecular weight excluding hydrogens is 244 g/mol. The van der Waals surface area contributed by atoms with Crippen LogP contribution in [0.4, 0.5) is 0 Å². The van der Waals surface area contributed by atoms with E-state index >= 15 is 0 Å². The summed E-state index contributed by atoms with van der Waals surface area (Å²) in [6, 6.07) is 4.17. The maximum absolute atomic E-state index is 11.8. The fourth-order valence-electron chi connectivity index (χ4n) is 2.38. The van der Waals surface area contributed by atoms with Crippen molar-refractivity contribution in [3.8, 4) is 0 Å². The van der Waals surface area contributed by atoms with Gasteiger partial charge < -0.3 is 10.2 Å². The van der Waals surface area contributed by atoms with Crippen LogP contribution in [0.2, 0.25) is 0 Å². The van der Waals surface area contributed by atoms with Gasteiger partial charge in [-0.1, -0.05) is 6.07 Å². The number of carbonyl (C=O) groups is 1. The Hall–Kier alpha value is -0.870. The van der Waals surface area contributed by atoms with E-state index in [1.807, 2.05) is 0 Å². The van der Waals surface area contributed by atoms with E-state index in [1.54, 1.807) is 11.3 Å². The number of thiophene rings is 1.